The minimum Gasteiger partial charge on any atom is -0.465 e. The fourth-order valence-electron chi connectivity index (χ4n) is 3.11. The van der Waals surface area contributed by atoms with Gasteiger partial charge in [0.25, 0.3) is 5.91 Å². The number of anilines is 1. The van der Waals surface area contributed by atoms with Crippen LogP contribution in [0, 0.1) is 13.8 Å². The van der Waals surface area contributed by atoms with E-state index in [1.54, 1.807) is 25.1 Å². The Morgan fingerprint density at radius 2 is 1.86 bits per heavy atom. The third-order valence-corrected chi connectivity index (χ3v) is 6.16. The Labute approximate surface area is 181 Å². The summed E-state index contributed by atoms with van der Waals surface area (Å²) in [7, 11) is 1.31. The predicted octanol–water partition coefficient (Wildman–Crippen LogP) is 5.93. The number of hydrogen-bond donors (Lipinski definition) is 1. The molecule has 1 aromatic carbocycles. The van der Waals surface area contributed by atoms with Crippen molar-refractivity contribution in [3.8, 4) is 11.3 Å². The number of amides is 1. The molecule has 0 aliphatic carbocycles. The van der Waals surface area contributed by atoms with Gasteiger partial charge in [-0.3, -0.25) is 4.79 Å². The second kappa shape index (κ2) is 8.57. The third-order valence-electron chi connectivity index (χ3n) is 4.47. The molecule has 29 heavy (non-hydrogen) atoms. The van der Waals surface area contributed by atoms with Crippen LogP contribution >= 0.6 is 34.5 Å². The fraction of sp³-hybridized carbons (Fsp3) is 0.250. The van der Waals surface area contributed by atoms with E-state index >= 15 is 0 Å². The molecule has 0 spiro atoms. The zero-order valence-electron chi connectivity index (χ0n) is 16.2. The highest BCUT2D eigenvalue weighted by molar-refractivity contribution is 7.16. The van der Waals surface area contributed by atoms with Gasteiger partial charge in [0.1, 0.15) is 22.0 Å². The highest BCUT2D eigenvalue weighted by Gasteiger charge is 2.28. The van der Waals surface area contributed by atoms with E-state index in [9.17, 15) is 9.59 Å². The number of carbonyl (C=O) groups is 2. The van der Waals surface area contributed by atoms with Crippen molar-refractivity contribution in [2.45, 2.75) is 27.2 Å². The van der Waals surface area contributed by atoms with Crippen molar-refractivity contribution < 1.29 is 18.8 Å². The van der Waals surface area contributed by atoms with Gasteiger partial charge in [0.05, 0.1) is 22.7 Å². The minimum atomic E-state index is -0.502. The van der Waals surface area contributed by atoms with Gasteiger partial charge in [-0.1, -0.05) is 41.3 Å². The number of hydrogen-bond acceptors (Lipinski definition) is 6. The lowest BCUT2D eigenvalue weighted by molar-refractivity contribution is 0.0601. The van der Waals surface area contributed by atoms with Crippen molar-refractivity contribution in [3.05, 3.63) is 55.6 Å². The maximum Gasteiger partial charge on any atom is 0.341 e. The van der Waals surface area contributed by atoms with Crippen LogP contribution in [0.4, 0.5) is 5.00 Å². The first kappa shape index (κ1) is 21.4. The maximum atomic E-state index is 13.1. The molecule has 152 valence electrons. The first-order chi connectivity index (χ1) is 13.8. The average molecular weight is 453 g/mol. The van der Waals surface area contributed by atoms with Crippen LogP contribution in [-0.2, 0) is 11.2 Å². The van der Waals surface area contributed by atoms with E-state index in [-0.39, 0.29) is 11.3 Å². The molecule has 1 amide bonds. The molecule has 0 unspecified atom stereocenters. The van der Waals surface area contributed by atoms with Crippen LogP contribution in [-0.4, -0.2) is 24.1 Å². The number of ether oxygens (including phenoxy) is 1. The molecule has 0 fully saturated rings. The van der Waals surface area contributed by atoms with Crippen molar-refractivity contribution in [1.82, 2.24) is 5.16 Å². The Bertz CT molecular complexity index is 1080. The van der Waals surface area contributed by atoms with Crippen molar-refractivity contribution in [3.63, 3.8) is 0 Å². The molecule has 0 saturated heterocycles. The number of nitrogens with zero attached hydrogens (tertiary/aromatic N) is 1. The van der Waals surface area contributed by atoms with Crippen molar-refractivity contribution >= 4 is 51.4 Å². The summed E-state index contributed by atoms with van der Waals surface area (Å²) in [6, 6.07) is 5.00. The summed E-state index contributed by atoms with van der Waals surface area (Å²) < 4.78 is 10.2. The van der Waals surface area contributed by atoms with E-state index in [4.69, 9.17) is 32.5 Å². The molecule has 0 radical (unpaired) electrons. The topological polar surface area (TPSA) is 81.4 Å². The number of nitrogens with one attached hydrogen (secondary N) is 1. The molecule has 0 atom stereocenters. The molecule has 6 nitrogen and oxygen atoms in total. The molecule has 2 aromatic heterocycles. The summed E-state index contributed by atoms with van der Waals surface area (Å²) in [5.41, 5.74) is 2.03. The number of thiophene rings is 1. The van der Waals surface area contributed by atoms with E-state index in [0.29, 0.717) is 38.4 Å². The molecule has 9 heteroatoms. The second-order valence-electron chi connectivity index (χ2n) is 6.20. The van der Waals surface area contributed by atoms with E-state index in [1.807, 2.05) is 13.8 Å². The number of aryl methyl sites for hydroxylation is 2. The molecule has 1 N–H and O–H groups in total. The number of aromatic nitrogens is 1. The van der Waals surface area contributed by atoms with Crippen LogP contribution in [0.1, 0.15) is 43.8 Å². The number of benzene rings is 1. The summed E-state index contributed by atoms with van der Waals surface area (Å²) >= 11 is 13.9. The largest absolute Gasteiger partial charge is 0.465 e. The van der Waals surface area contributed by atoms with Gasteiger partial charge >= 0.3 is 5.97 Å². The standard InChI is InChI=1S/C20H18Cl2N2O4S/c1-5-11-10(3)29-19(15(11)20(26)27-4)23-18(25)14-9(2)28-24-17(14)16-12(21)7-6-8-13(16)22/h6-8H,5H2,1-4H3,(H,23,25). The van der Waals surface area contributed by atoms with Crippen LogP contribution < -0.4 is 5.32 Å². The van der Waals surface area contributed by atoms with Crippen LogP contribution in [0.2, 0.25) is 10.0 Å². The zero-order chi connectivity index (χ0) is 21.3. The fourth-order valence-corrected chi connectivity index (χ4v) is 4.81. The third kappa shape index (κ3) is 3.90. The maximum absolute atomic E-state index is 13.1. The molecule has 0 aliphatic heterocycles. The van der Waals surface area contributed by atoms with Crippen molar-refractivity contribution in [1.29, 1.82) is 0 Å². The van der Waals surface area contributed by atoms with Crippen LogP contribution in [0.15, 0.2) is 22.7 Å². The Hall–Kier alpha value is -2.35. The van der Waals surface area contributed by atoms with Gasteiger partial charge in [-0.15, -0.1) is 11.3 Å². The highest BCUT2D eigenvalue weighted by Crippen LogP contribution is 2.38. The monoisotopic (exact) mass is 452 g/mol. The van der Waals surface area contributed by atoms with Crippen molar-refractivity contribution in [2.24, 2.45) is 0 Å². The molecule has 3 rings (SSSR count). The van der Waals surface area contributed by atoms with Crippen LogP contribution in [0.5, 0.6) is 0 Å². The Morgan fingerprint density at radius 3 is 2.45 bits per heavy atom. The van der Waals surface area contributed by atoms with Crippen LogP contribution in [0.3, 0.4) is 0 Å². The van der Waals surface area contributed by atoms with Gasteiger partial charge < -0.3 is 14.6 Å². The van der Waals surface area contributed by atoms with E-state index in [1.165, 1.54) is 18.4 Å². The second-order valence-corrected chi connectivity index (χ2v) is 8.24. The lowest BCUT2D eigenvalue weighted by Gasteiger charge is -2.09. The molecule has 0 bridgehead atoms. The Balaban J connectivity index is 2.07. The van der Waals surface area contributed by atoms with Gasteiger partial charge in [0, 0.05) is 10.4 Å². The normalized spacial score (nSPS) is 10.8. The number of carbonyl (C=O) groups excluding carboxylic acids is 2. The minimum absolute atomic E-state index is 0.194. The van der Waals surface area contributed by atoms with E-state index in [2.05, 4.69) is 10.5 Å². The summed E-state index contributed by atoms with van der Waals surface area (Å²) in [6.07, 6.45) is 0.634. The molecular formula is C20H18Cl2N2O4S. The van der Waals surface area contributed by atoms with E-state index < -0.39 is 11.9 Å². The molecule has 2 heterocycles. The lowest BCUT2D eigenvalue weighted by atomic mass is 10.0. The summed E-state index contributed by atoms with van der Waals surface area (Å²) in [5, 5.41) is 7.89. The Kier molecular flexibility index (Phi) is 6.31. The smallest absolute Gasteiger partial charge is 0.341 e. The number of methoxy groups -OCH3 is 1. The first-order valence-corrected chi connectivity index (χ1v) is 10.3. The van der Waals surface area contributed by atoms with Gasteiger partial charge in [0.15, 0.2) is 0 Å². The van der Waals surface area contributed by atoms with Gasteiger partial charge in [-0.2, -0.15) is 0 Å². The van der Waals surface area contributed by atoms with Gasteiger partial charge in [-0.25, -0.2) is 4.79 Å². The molecule has 0 aliphatic rings. The van der Waals surface area contributed by atoms with Crippen molar-refractivity contribution in [2.75, 3.05) is 12.4 Å². The quantitative estimate of drug-likeness (QED) is 0.485. The first-order valence-electron chi connectivity index (χ1n) is 8.72. The summed E-state index contributed by atoms with van der Waals surface area (Å²) in [5.74, 6) is -0.682. The zero-order valence-corrected chi connectivity index (χ0v) is 18.5. The summed E-state index contributed by atoms with van der Waals surface area (Å²) in [6.45, 7) is 5.45. The molecular weight excluding hydrogens is 435 g/mol. The van der Waals surface area contributed by atoms with E-state index in [0.717, 1.165) is 10.4 Å². The number of halogens is 2. The molecule has 3 aromatic rings. The highest BCUT2D eigenvalue weighted by atomic mass is 35.5. The SMILES string of the molecule is CCc1c(C)sc(NC(=O)c2c(-c3c(Cl)cccc3Cl)noc2C)c1C(=O)OC. The Morgan fingerprint density at radius 1 is 1.21 bits per heavy atom. The molecule has 0 saturated carbocycles. The van der Waals surface area contributed by atoms with Crippen LogP contribution in [0.25, 0.3) is 11.3 Å². The van der Waals surface area contributed by atoms with Gasteiger partial charge in [0.2, 0.25) is 0 Å². The van der Waals surface area contributed by atoms with Gasteiger partial charge in [-0.05, 0) is 38.0 Å². The average Bonchev–Trinajstić information content (AvgIpc) is 3.20. The number of rotatable bonds is 5. The lowest BCUT2D eigenvalue weighted by Crippen LogP contribution is -2.16. The predicted molar refractivity (Wildman–Crippen MR) is 114 cm³/mol. The number of esters is 1. The summed E-state index contributed by atoms with van der Waals surface area (Å²) in [4.78, 5) is 26.4.